The summed E-state index contributed by atoms with van der Waals surface area (Å²) in [5, 5.41) is 0. The molecule has 1 heterocycles. The van der Waals surface area contributed by atoms with E-state index in [-0.39, 0.29) is 36.2 Å². The normalized spacial score (nSPS) is 18.6. The highest BCUT2D eigenvalue weighted by Gasteiger charge is 2.58. The zero-order chi connectivity index (χ0) is 24.9. The van der Waals surface area contributed by atoms with Gasteiger partial charge >= 0.3 is 17.9 Å². The molecule has 1 saturated heterocycles. The van der Waals surface area contributed by atoms with Crippen molar-refractivity contribution in [1.29, 1.82) is 0 Å². The molecule has 0 bridgehead atoms. The molecular weight excluding hydrogens is 446 g/mol. The molecule has 0 aliphatic carbocycles. The Morgan fingerprint density at radius 1 is 0.800 bits per heavy atom. The Bertz CT molecular complexity index is 1170. The van der Waals surface area contributed by atoms with Crippen LogP contribution in [0.2, 0.25) is 0 Å². The molecule has 0 aromatic heterocycles. The molecule has 7 heteroatoms. The predicted octanol–water partition coefficient (Wildman–Crippen LogP) is 4.62. The molecular formula is C28H27NO6. The Balaban J connectivity index is 1.78. The zero-order valence-electron chi connectivity index (χ0n) is 19.8. The molecule has 3 aromatic carbocycles. The molecule has 7 nitrogen and oxygen atoms in total. The molecule has 1 aliphatic heterocycles. The first-order valence-electron chi connectivity index (χ1n) is 11.5. The van der Waals surface area contributed by atoms with E-state index in [0.717, 1.165) is 16.7 Å². The zero-order valence-corrected chi connectivity index (χ0v) is 19.8. The second-order valence-electron chi connectivity index (χ2n) is 8.21. The van der Waals surface area contributed by atoms with Gasteiger partial charge < -0.3 is 14.2 Å². The van der Waals surface area contributed by atoms with Gasteiger partial charge in [0.25, 0.3) is 0 Å². The lowest BCUT2D eigenvalue weighted by molar-refractivity contribution is -0.143. The Labute approximate surface area is 204 Å². The molecule has 1 fully saturated rings. The predicted molar refractivity (Wildman–Crippen MR) is 129 cm³/mol. The number of rotatable bonds is 8. The minimum Gasteiger partial charge on any atom is -0.465 e. The standard InChI is InChI=1S/C28H27NO6/c1-4-33-28(32)27-26(22-15-16-23(34-18(2)30)24(17-22)35-19(3)31)29(27)25(20-11-7-5-8-12-20)21-13-9-6-10-14-21/h5-17,25-27H,4H2,1-3H3/t26-,27-,29?/m0/s1. The number of nitrogens with zero attached hydrogens (tertiary/aromatic N) is 1. The SMILES string of the molecule is CCOC(=O)[C@@H]1[C@H](c2ccc(OC(C)=O)c(OC(C)=O)c2)N1C(c1ccccc1)c1ccccc1. The molecule has 3 atom stereocenters. The first-order chi connectivity index (χ1) is 16.9. The van der Waals surface area contributed by atoms with Crippen LogP contribution in [0.5, 0.6) is 11.5 Å². The van der Waals surface area contributed by atoms with Gasteiger partial charge in [0.05, 0.1) is 18.7 Å². The maximum atomic E-state index is 13.0. The molecule has 35 heavy (non-hydrogen) atoms. The van der Waals surface area contributed by atoms with Gasteiger partial charge in [0.15, 0.2) is 11.5 Å². The number of esters is 3. The maximum absolute atomic E-state index is 13.0. The molecule has 4 rings (SSSR count). The van der Waals surface area contributed by atoms with Gasteiger partial charge in [-0.25, -0.2) is 0 Å². The van der Waals surface area contributed by atoms with E-state index in [1.54, 1.807) is 25.1 Å². The van der Waals surface area contributed by atoms with Crippen LogP contribution in [-0.4, -0.2) is 35.5 Å². The van der Waals surface area contributed by atoms with Crippen LogP contribution in [0, 0.1) is 0 Å². The number of carbonyl (C=O) groups excluding carboxylic acids is 3. The van der Waals surface area contributed by atoms with E-state index in [9.17, 15) is 14.4 Å². The topological polar surface area (TPSA) is 81.9 Å². The molecule has 1 unspecified atom stereocenters. The maximum Gasteiger partial charge on any atom is 0.325 e. The summed E-state index contributed by atoms with van der Waals surface area (Å²) >= 11 is 0. The number of hydrogen-bond acceptors (Lipinski definition) is 7. The molecule has 0 saturated carbocycles. The fraction of sp³-hybridized carbons (Fsp3) is 0.250. The molecule has 1 aliphatic rings. The number of benzene rings is 3. The van der Waals surface area contributed by atoms with E-state index in [4.69, 9.17) is 14.2 Å². The fourth-order valence-corrected chi connectivity index (χ4v) is 4.39. The van der Waals surface area contributed by atoms with E-state index >= 15 is 0 Å². The van der Waals surface area contributed by atoms with Crippen LogP contribution >= 0.6 is 0 Å². The van der Waals surface area contributed by atoms with Gasteiger partial charge in [-0.15, -0.1) is 0 Å². The smallest absolute Gasteiger partial charge is 0.325 e. The number of carbonyl (C=O) groups is 3. The first kappa shape index (κ1) is 24.2. The summed E-state index contributed by atoms with van der Waals surface area (Å²) in [5.74, 6) is -1.14. The lowest BCUT2D eigenvalue weighted by Gasteiger charge is -2.21. The average molecular weight is 474 g/mol. The highest BCUT2D eigenvalue weighted by atomic mass is 16.6. The van der Waals surface area contributed by atoms with Crippen molar-refractivity contribution in [3.05, 3.63) is 95.6 Å². The van der Waals surface area contributed by atoms with E-state index in [0.29, 0.717) is 0 Å². The summed E-state index contributed by atoms with van der Waals surface area (Å²) in [6, 6.07) is 23.8. The van der Waals surface area contributed by atoms with Gasteiger partial charge in [-0.05, 0) is 35.7 Å². The second kappa shape index (κ2) is 10.5. The molecule has 0 N–H and O–H groups in total. The van der Waals surface area contributed by atoms with E-state index in [1.807, 2.05) is 60.7 Å². The summed E-state index contributed by atoms with van der Waals surface area (Å²) in [6.45, 7) is 4.59. The first-order valence-corrected chi connectivity index (χ1v) is 11.5. The van der Waals surface area contributed by atoms with E-state index in [1.165, 1.54) is 13.8 Å². The van der Waals surface area contributed by atoms with Crippen molar-refractivity contribution in [3.8, 4) is 11.5 Å². The highest BCUT2D eigenvalue weighted by Crippen LogP contribution is 2.53. The summed E-state index contributed by atoms with van der Waals surface area (Å²) < 4.78 is 15.9. The van der Waals surface area contributed by atoms with Crippen molar-refractivity contribution in [3.63, 3.8) is 0 Å². The van der Waals surface area contributed by atoms with Crippen LogP contribution in [-0.2, 0) is 19.1 Å². The Morgan fingerprint density at radius 2 is 1.34 bits per heavy atom. The summed E-state index contributed by atoms with van der Waals surface area (Å²) in [4.78, 5) is 38.3. The molecule has 180 valence electrons. The third-order valence-electron chi connectivity index (χ3n) is 5.73. The van der Waals surface area contributed by atoms with Crippen molar-refractivity contribution >= 4 is 17.9 Å². The second-order valence-corrected chi connectivity index (χ2v) is 8.21. The van der Waals surface area contributed by atoms with Crippen molar-refractivity contribution in [2.75, 3.05) is 6.61 Å². The number of ether oxygens (including phenoxy) is 3. The summed E-state index contributed by atoms with van der Waals surface area (Å²) in [7, 11) is 0. The minimum absolute atomic E-state index is 0.121. The highest BCUT2D eigenvalue weighted by molar-refractivity contribution is 5.81. The van der Waals surface area contributed by atoms with Crippen molar-refractivity contribution in [1.82, 2.24) is 4.90 Å². The van der Waals surface area contributed by atoms with Crippen LogP contribution in [0.1, 0.15) is 49.5 Å². The lowest BCUT2D eigenvalue weighted by Crippen LogP contribution is -2.20. The molecule has 0 spiro atoms. The molecule has 0 radical (unpaired) electrons. The van der Waals surface area contributed by atoms with Crippen molar-refractivity contribution in [2.45, 2.75) is 38.9 Å². The summed E-state index contributed by atoms with van der Waals surface area (Å²) in [5.41, 5.74) is 2.81. The molecule has 0 amide bonds. The van der Waals surface area contributed by atoms with Gasteiger partial charge in [0, 0.05) is 13.8 Å². The number of hydrogen-bond donors (Lipinski definition) is 0. The third-order valence-corrected chi connectivity index (χ3v) is 5.73. The third kappa shape index (κ3) is 5.41. The van der Waals surface area contributed by atoms with Gasteiger partial charge in [0.1, 0.15) is 6.04 Å². The largest absolute Gasteiger partial charge is 0.465 e. The van der Waals surface area contributed by atoms with Crippen LogP contribution in [0.15, 0.2) is 78.9 Å². The average Bonchev–Trinajstić information content (AvgIpc) is 3.56. The van der Waals surface area contributed by atoms with Crippen LogP contribution in [0.4, 0.5) is 0 Å². The van der Waals surface area contributed by atoms with E-state index in [2.05, 4.69) is 4.90 Å². The fourth-order valence-electron chi connectivity index (χ4n) is 4.39. The van der Waals surface area contributed by atoms with Crippen LogP contribution < -0.4 is 9.47 Å². The van der Waals surface area contributed by atoms with Crippen LogP contribution in [0.25, 0.3) is 0 Å². The van der Waals surface area contributed by atoms with Gasteiger partial charge in [-0.3, -0.25) is 19.3 Å². The van der Waals surface area contributed by atoms with Crippen LogP contribution in [0.3, 0.4) is 0 Å². The van der Waals surface area contributed by atoms with E-state index < -0.39 is 18.0 Å². The Kier molecular flexibility index (Phi) is 7.27. The quantitative estimate of drug-likeness (QED) is 0.268. The Hall–Kier alpha value is -3.97. The van der Waals surface area contributed by atoms with Gasteiger partial charge in [0.2, 0.25) is 0 Å². The van der Waals surface area contributed by atoms with Gasteiger partial charge in [-0.1, -0.05) is 66.7 Å². The Morgan fingerprint density at radius 3 is 1.86 bits per heavy atom. The minimum atomic E-state index is -0.545. The lowest BCUT2D eigenvalue weighted by atomic mass is 9.98. The van der Waals surface area contributed by atoms with Gasteiger partial charge in [-0.2, -0.15) is 0 Å². The van der Waals surface area contributed by atoms with Crippen molar-refractivity contribution in [2.24, 2.45) is 0 Å². The summed E-state index contributed by atoms with van der Waals surface area (Å²) in [6.07, 6.45) is 0. The molecule has 3 aromatic rings. The monoisotopic (exact) mass is 473 g/mol. The van der Waals surface area contributed by atoms with Crippen molar-refractivity contribution < 1.29 is 28.6 Å².